The van der Waals surface area contributed by atoms with Crippen LogP contribution >= 0.6 is 11.6 Å². The van der Waals surface area contributed by atoms with Crippen LogP contribution in [0.5, 0.6) is 5.75 Å². The first-order valence-electron chi connectivity index (χ1n) is 14.9. The quantitative estimate of drug-likeness (QED) is 0.502. The van der Waals surface area contributed by atoms with E-state index in [9.17, 15) is 13.2 Å². The third-order valence-electron chi connectivity index (χ3n) is 9.51. The third-order valence-corrected chi connectivity index (χ3v) is 11.1. The summed E-state index contributed by atoms with van der Waals surface area (Å²) in [5, 5.41) is 0.727. The molecule has 1 N–H and O–H groups in total. The molecule has 2 heterocycles. The van der Waals surface area contributed by atoms with Crippen LogP contribution in [0.15, 0.2) is 53.4 Å². The second-order valence-corrected chi connectivity index (χ2v) is 14.2. The molecule has 1 spiro atoms. The van der Waals surface area contributed by atoms with Gasteiger partial charge in [0.25, 0.3) is 15.9 Å². The molecule has 0 radical (unpaired) electrons. The van der Waals surface area contributed by atoms with Crippen LogP contribution in [0.25, 0.3) is 0 Å². The molecule has 2 bridgehead atoms. The lowest BCUT2D eigenvalue weighted by molar-refractivity contribution is -0.133. The average molecular weight is 631 g/mol. The molecular formula is C32H39ClN2O7S. The van der Waals surface area contributed by atoms with Crippen LogP contribution in [0.2, 0.25) is 5.02 Å². The molecule has 4 aliphatic rings. The van der Waals surface area contributed by atoms with Crippen LogP contribution in [-0.2, 0) is 40.9 Å². The smallest absolute Gasteiger partial charge is 0.265 e. The lowest BCUT2D eigenvalue weighted by atomic mass is 9.68. The largest absolute Gasteiger partial charge is 0.490 e. The number of nitrogens with one attached hydrogen (secondary N) is 1. The molecule has 11 heteroatoms. The molecular weight excluding hydrogens is 592 g/mol. The Labute approximate surface area is 258 Å². The van der Waals surface area contributed by atoms with Gasteiger partial charge in [-0.3, -0.25) is 4.79 Å². The second-order valence-electron chi connectivity index (χ2n) is 12.1. The molecule has 2 aromatic carbocycles. The van der Waals surface area contributed by atoms with Crippen molar-refractivity contribution >= 4 is 33.2 Å². The first kappa shape index (κ1) is 30.4. The van der Waals surface area contributed by atoms with Gasteiger partial charge >= 0.3 is 0 Å². The number of sulfonamides is 1. The molecule has 1 fully saturated rings. The molecule has 1 saturated carbocycles. The van der Waals surface area contributed by atoms with E-state index in [1.54, 1.807) is 19.2 Å². The number of carbonyl (C=O) groups excluding carboxylic acids is 1. The molecule has 43 heavy (non-hydrogen) atoms. The highest BCUT2D eigenvalue weighted by molar-refractivity contribution is 7.90. The molecule has 9 nitrogen and oxygen atoms in total. The first-order valence-corrected chi connectivity index (χ1v) is 16.8. The molecule has 2 aromatic rings. The Kier molecular flexibility index (Phi) is 8.77. The molecule has 232 valence electrons. The van der Waals surface area contributed by atoms with E-state index in [4.69, 9.17) is 30.5 Å². The number of ether oxygens (including phenoxy) is 4. The summed E-state index contributed by atoms with van der Waals surface area (Å²) in [6, 6.07) is 11.0. The number of anilines is 1. The van der Waals surface area contributed by atoms with Crippen molar-refractivity contribution in [2.75, 3.05) is 52.0 Å². The van der Waals surface area contributed by atoms with Gasteiger partial charge in [-0.2, -0.15) is 0 Å². The molecule has 6 rings (SSSR count). The predicted molar refractivity (Wildman–Crippen MR) is 163 cm³/mol. The van der Waals surface area contributed by atoms with Gasteiger partial charge in [-0.05, 0) is 85.4 Å². The van der Waals surface area contributed by atoms with Gasteiger partial charge in [-0.15, -0.1) is 0 Å². The average Bonchev–Trinajstić information content (AvgIpc) is 3.12. The van der Waals surface area contributed by atoms with Crippen molar-refractivity contribution < 1.29 is 32.2 Å². The lowest BCUT2D eigenvalue weighted by Crippen LogP contribution is -2.49. The van der Waals surface area contributed by atoms with Gasteiger partial charge in [0.2, 0.25) is 0 Å². The predicted octanol–water partition coefficient (Wildman–Crippen LogP) is 4.26. The minimum absolute atomic E-state index is 0.0111. The highest BCUT2D eigenvalue weighted by Gasteiger charge is 2.44. The highest BCUT2D eigenvalue weighted by atomic mass is 35.5. The maximum absolute atomic E-state index is 13.5. The summed E-state index contributed by atoms with van der Waals surface area (Å²) in [7, 11) is -1.05. The monoisotopic (exact) mass is 630 g/mol. The van der Waals surface area contributed by atoms with Gasteiger partial charge in [0.05, 0.1) is 36.5 Å². The van der Waals surface area contributed by atoms with Gasteiger partial charge in [-0.1, -0.05) is 29.8 Å². The van der Waals surface area contributed by atoms with Crippen LogP contribution in [0, 0.1) is 11.8 Å². The van der Waals surface area contributed by atoms with Crippen molar-refractivity contribution in [3.63, 3.8) is 0 Å². The number of nitrogens with zero attached hydrogens (tertiary/aromatic N) is 1. The van der Waals surface area contributed by atoms with Gasteiger partial charge in [0.1, 0.15) is 5.75 Å². The number of carbonyl (C=O) groups is 1. The summed E-state index contributed by atoms with van der Waals surface area (Å²) >= 11 is 6.39. The fourth-order valence-electron chi connectivity index (χ4n) is 7.16. The highest BCUT2D eigenvalue weighted by Crippen LogP contribution is 2.47. The molecule has 2 aliphatic carbocycles. The van der Waals surface area contributed by atoms with Crippen molar-refractivity contribution in [2.45, 2.75) is 54.6 Å². The fraction of sp³-hybridized carbons (Fsp3) is 0.531. The van der Waals surface area contributed by atoms with Crippen LogP contribution in [0.3, 0.4) is 0 Å². The lowest BCUT2D eigenvalue weighted by Gasteiger charge is -2.46. The molecule has 0 aromatic heterocycles. The number of rotatable bonds is 3. The third kappa shape index (κ3) is 6.04. The molecule has 0 unspecified atom stereocenters. The van der Waals surface area contributed by atoms with Crippen molar-refractivity contribution in [1.29, 1.82) is 0 Å². The summed E-state index contributed by atoms with van der Waals surface area (Å²) < 4.78 is 52.5. The summed E-state index contributed by atoms with van der Waals surface area (Å²) in [5.74, 6) is 0.467. The molecule has 5 atom stereocenters. The number of halogens is 1. The zero-order chi connectivity index (χ0) is 30.2. The van der Waals surface area contributed by atoms with Crippen molar-refractivity contribution in [3.05, 3.63) is 64.7 Å². The second kappa shape index (κ2) is 12.4. The fourth-order valence-corrected chi connectivity index (χ4v) is 8.39. The maximum atomic E-state index is 13.5. The summed E-state index contributed by atoms with van der Waals surface area (Å²) in [6.45, 7) is 1.90. The Bertz CT molecular complexity index is 1500. The first-order chi connectivity index (χ1) is 20.7. The van der Waals surface area contributed by atoms with E-state index in [0.717, 1.165) is 43.7 Å². The minimum Gasteiger partial charge on any atom is -0.490 e. The number of fused-ring (bicyclic) bond motifs is 4. The number of aryl methyl sites for hydroxylation is 1. The van der Waals surface area contributed by atoms with Crippen LogP contribution in [0.1, 0.15) is 36.8 Å². The van der Waals surface area contributed by atoms with E-state index in [-0.39, 0.29) is 29.6 Å². The van der Waals surface area contributed by atoms with E-state index in [1.807, 2.05) is 18.2 Å². The standard InChI is InChI=1S/C32H39ClN2O7S/c1-39-18-30-31(36)34-43(37,38)24-9-12-29-27(16-24)35(17-22-7-10-25(22)28(40-2)6-4-14-41-30)19-32(20-42-29)13-3-5-21-15-23(33)8-11-26(21)32/h4,6,8-9,11-12,15-16,22,25,28,30H,3,5,7,10,13-14,17-20H2,1-2H3,(H,34,36)/b6-4+/t22-,25+,28+,30-,32-/m0/s1. The Balaban J connectivity index is 1.43. The number of benzene rings is 2. The van der Waals surface area contributed by atoms with Crippen LogP contribution in [-0.4, -0.2) is 73.7 Å². The number of hydrogen-bond acceptors (Lipinski definition) is 8. The van der Waals surface area contributed by atoms with Crippen molar-refractivity contribution in [3.8, 4) is 5.75 Å². The summed E-state index contributed by atoms with van der Waals surface area (Å²) in [4.78, 5) is 15.3. The van der Waals surface area contributed by atoms with Crippen LogP contribution < -0.4 is 14.4 Å². The van der Waals surface area contributed by atoms with E-state index < -0.39 is 22.0 Å². The van der Waals surface area contributed by atoms with Gasteiger partial charge in [0, 0.05) is 37.7 Å². The maximum Gasteiger partial charge on any atom is 0.265 e. The van der Waals surface area contributed by atoms with Gasteiger partial charge in [0.15, 0.2) is 6.10 Å². The summed E-state index contributed by atoms with van der Waals surface area (Å²) in [5.41, 5.74) is 2.92. The zero-order valence-corrected chi connectivity index (χ0v) is 26.2. The Hall–Kier alpha value is -2.63. The molecule has 0 saturated heterocycles. The minimum atomic E-state index is -4.20. The summed E-state index contributed by atoms with van der Waals surface area (Å²) in [6.07, 6.45) is 7.62. The van der Waals surface area contributed by atoms with E-state index in [0.29, 0.717) is 36.4 Å². The van der Waals surface area contributed by atoms with Gasteiger partial charge < -0.3 is 23.8 Å². The normalized spacial score (nSPS) is 31.0. The van der Waals surface area contributed by atoms with Gasteiger partial charge in [-0.25, -0.2) is 13.1 Å². The molecule has 2 aliphatic heterocycles. The van der Waals surface area contributed by atoms with Crippen molar-refractivity contribution in [2.24, 2.45) is 11.8 Å². The molecule has 1 amide bonds. The van der Waals surface area contributed by atoms with Crippen molar-refractivity contribution in [1.82, 2.24) is 4.72 Å². The van der Waals surface area contributed by atoms with E-state index in [1.165, 1.54) is 24.3 Å². The Morgan fingerprint density at radius 2 is 2.02 bits per heavy atom. The zero-order valence-electron chi connectivity index (χ0n) is 24.6. The van der Waals surface area contributed by atoms with Crippen LogP contribution in [0.4, 0.5) is 5.69 Å². The number of hydrogen-bond donors (Lipinski definition) is 1. The van der Waals surface area contributed by atoms with E-state index >= 15 is 0 Å². The van der Waals surface area contributed by atoms with E-state index in [2.05, 4.69) is 21.8 Å². The number of methoxy groups -OCH3 is 2. The topological polar surface area (TPSA) is 103 Å². The number of amides is 1. The Morgan fingerprint density at radius 3 is 2.79 bits per heavy atom. The Morgan fingerprint density at radius 1 is 1.16 bits per heavy atom. The SMILES string of the molecule is COC[C@@H]1OC/C=C/[C@@H](OC)[C@@H]2CC[C@H]2CN2C[C@@]3(CCCc4cc(Cl)ccc43)COc3ccc(cc32)S(=O)(=O)NC1=O.